The Labute approximate surface area is 163 Å². The summed E-state index contributed by atoms with van der Waals surface area (Å²) < 4.78 is 10.1. The van der Waals surface area contributed by atoms with E-state index in [2.05, 4.69) is 10.6 Å². The molecule has 146 valence electrons. The minimum Gasteiger partial charge on any atom is -0.497 e. The predicted octanol–water partition coefficient (Wildman–Crippen LogP) is 2.67. The SMILES string of the molecule is COc1ccc(/C=C/C(=O)OC(C)C(=O)NC(=O)NCc2ccccc2)cc1. The van der Waals surface area contributed by atoms with Crippen LogP contribution in [0, 0.1) is 0 Å². The topological polar surface area (TPSA) is 93.7 Å². The lowest BCUT2D eigenvalue weighted by molar-refractivity contribution is -0.149. The number of ether oxygens (including phenoxy) is 2. The molecule has 0 aliphatic rings. The highest BCUT2D eigenvalue weighted by molar-refractivity contribution is 5.98. The molecular formula is C21H22N2O5. The van der Waals surface area contributed by atoms with Gasteiger partial charge < -0.3 is 14.8 Å². The lowest BCUT2D eigenvalue weighted by Crippen LogP contribution is -2.44. The Morgan fingerprint density at radius 2 is 1.71 bits per heavy atom. The van der Waals surface area contributed by atoms with Gasteiger partial charge in [-0.3, -0.25) is 10.1 Å². The van der Waals surface area contributed by atoms with Crippen molar-refractivity contribution in [2.24, 2.45) is 0 Å². The van der Waals surface area contributed by atoms with Crippen LogP contribution in [0.15, 0.2) is 60.7 Å². The van der Waals surface area contributed by atoms with Gasteiger partial charge in [-0.05, 0) is 36.3 Å². The molecule has 0 saturated heterocycles. The molecule has 2 aromatic carbocycles. The summed E-state index contributed by atoms with van der Waals surface area (Å²) in [6.07, 6.45) is 1.65. The number of imide groups is 1. The van der Waals surface area contributed by atoms with E-state index in [-0.39, 0.29) is 6.54 Å². The second kappa shape index (κ2) is 10.5. The van der Waals surface area contributed by atoms with E-state index in [4.69, 9.17) is 9.47 Å². The van der Waals surface area contributed by atoms with Crippen LogP contribution in [0.4, 0.5) is 4.79 Å². The number of urea groups is 1. The van der Waals surface area contributed by atoms with Crippen molar-refractivity contribution in [1.82, 2.24) is 10.6 Å². The summed E-state index contributed by atoms with van der Waals surface area (Å²) in [5, 5.41) is 4.70. The Morgan fingerprint density at radius 3 is 2.36 bits per heavy atom. The summed E-state index contributed by atoms with van der Waals surface area (Å²) >= 11 is 0. The van der Waals surface area contributed by atoms with Crippen LogP contribution >= 0.6 is 0 Å². The summed E-state index contributed by atoms with van der Waals surface area (Å²) in [6, 6.07) is 15.7. The van der Waals surface area contributed by atoms with Gasteiger partial charge in [-0.25, -0.2) is 9.59 Å². The molecule has 7 heteroatoms. The summed E-state index contributed by atoms with van der Waals surface area (Å²) in [6.45, 7) is 1.66. The van der Waals surface area contributed by atoms with Gasteiger partial charge in [0.25, 0.3) is 5.91 Å². The fraction of sp³-hybridized carbons (Fsp3) is 0.190. The van der Waals surface area contributed by atoms with E-state index >= 15 is 0 Å². The molecule has 2 rings (SSSR count). The lowest BCUT2D eigenvalue weighted by atomic mass is 10.2. The number of benzene rings is 2. The van der Waals surface area contributed by atoms with Gasteiger partial charge in [-0.2, -0.15) is 0 Å². The van der Waals surface area contributed by atoms with Crippen molar-refractivity contribution in [2.75, 3.05) is 7.11 Å². The molecule has 0 radical (unpaired) electrons. The number of esters is 1. The maximum atomic E-state index is 12.0. The fourth-order valence-electron chi connectivity index (χ4n) is 2.18. The Balaban J connectivity index is 1.76. The Hall–Kier alpha value is -3.61. The molecule has 0 bridgehead atoms. The zero-order valence-corrected chi connectivity index (χ0v) is 15.7. The Bertz CT molecular complexity index is 832. The molecule has 28 heavy (non-hydrogen) atoms. The number of hydrogen-bond donors (Lipinski definition) is 2. The highest BCUT2D eigenvalue weighted by Crippen LogP contribution is 2.12. The van der Waals surface area contributed by atoms with E-state index in [0.717, 1.165) is 11.1 Å². The van der Waals surface area contributed by atoms with Gasteiger partial charge in [0.15, 0.2) is 6.10 Å². The molecule has 1 atom stereocenters. The third-order valence-electron chi connectivity index (χ3n) is 3.72. The largest absolute Gasteiger partial charge is 0.497 e. The standard InChI is InChI=1S/C21H22N2O5/c1-15(20(25)23-21(26)22-14-17-6-4-3-5-7-17)28-19(24)13-10-16-8-11-18(27-2)12-9-16/h3-13,15H,14H2,1-2H3,(H2,22,23,25,26)/b13-10+. The molecule has 0 aliphatic carbocycles. The smallest absolute Gasteiger partial charge is 0.331 e. The highest BCUT2D eigenvalue weighted by Gasteiger charge is 2.18. The van der Waals surface area contributed by atoms with Crippen molar-refractivity contribution in [3.8, 4) is 5.75 Å². The molecule has 2 aromatic rings. The van der Waals surface area contributed by atoms with Gasteiger partial charge in [-0.15, -0.1) is 0 Å². The second-order valence-corrected chi connectivity index (χ2v) is 5.84. The average molecular weight is 382 g/mol. The first-order chi connectivity index (χ1) is 13.5. The van der Waals surface area contributed by atoms with Crippen molar-refractivity contribution in [2.45, 2.75) is 19.6 Å². The molecule has 0 aromatic heterocycles. The van der Waals surface area contributed by atoms with Crippen LogP contribution in [0.1, 0.15) is 18.1 Å². The third-order valence-corrected chi connectivity index (χ3v) is 3.72. The molecule has 0 heterocycles. The van der Waals surface area contributed by atoms with Crippen LogP contribution < -0.4 is 15.4 Å². The van der Waals surface area contributed by atoms with Crippen molar-refractivity contribution < 1.29 is 23.9 Å². The van der Waals surface area contributed by atoms with Crippen LogP contribution in [0.5, 0.6) is 5.75 Å². The van der Waals surface area contributed by atoms with Crippen LogP contribution in [0.2, 0.25) is 0 Å². The Kier molecular flexibility index (Phi) is 7.77. The van der Waals surface area contributed by atoms with Gasteiger partial charge in [0.05, 0.1) is 7.11 Å². The number of methoxy groups -OCH3 is 1. The first-order valence-corrected chi connectivity index (χ1v) is 8.63. The zero-order valence-electron chi connectivity index (χ0n) is 15.7. The van der Waals surface area contributed by atoms with E-state index in [1.165, 1.54) is 13.0 Å². The molecular weight excluding hydrogens is 360 g/mol. The molecule has 1 unspecified atom stereocenters. The first-order valence-electron chi connectivity index (χ1n) is 8.63. The van der Waals surface area contributed by atoms with Crippen molar-refractivity contribution in [3.63, 3.8) is 0 Å². The first kappa shape index (κ1) is 20.7. The van der Waals surface area contributed by atoms with Gasteiger partial charge >= 0.3 is 12.0 Å². The van der Waals surface area contributed by atoms with Crippen molar-refractivity contribution in [3.05, 3.63) is 71.8 Å². The number of rotatable bonds is 7. The van der Waals surface area contributed by atoms with Crippen molar-refractivity contribution >= 4 is 24.0 Å². The van der Waals surface area contributed by atoms with Crippen LogP contribution in [-0.4, -0.2) is 31.1 Å². The molecule has 3 amide bonds. The molecule has 2 N–H and O–H groups in total. The summed E-state index contributed by atoms with van der Waals surface area (Å²) in [4.78, 5) is 35.6. The normalized spacial score (nSPS) is 11.5. The average Bonchev–Trinajstić information content (AvgIpc) is 2.71. The summed E-state index contributed by atoms with van der Waals surface area (Å²) in [7, 11) is 1.57. The zero-order chi connectivity index (χ0) is 20.4. The predicted molar refractivity (Wildman–Crippen MR) is 104 cm³/mol. The number of hydrogen-bond acceptors (Lipinski definition) is 5. The molecule has 0 spiro atoms. The van der Waals surface area contributed by atoms with E-state index in [0.29, 0.717) is 5.75 Å². The van der Waals surface area contributed by atoms with Crippen LogP contribution in [0.25, 0.3) is 6.08 Å². The van der Waals surface area contributed by atoms with E-state index in [1.807, 2.05) is 30.3 Å². The maximum Gasteiger partial charge on any atom is 0.331 e. The number of nitrogens with one attached hydrogen (secondary N) is 2. The maximum absolute atomic E-state index is 12.0. The summed E-state index contributed by atoms with van der Waals surface area (Å²) in [5.74, 6) is -0.699. The van der Waals surface area contributed by atoms with Crippen LogP contribution in [0.3, 0.4) is 0 Å². The van der Waals surface area contributed by atoms with Gasteiger partial charge in [0.1, 0.15) is 5.75 Å². The molecule has 0 saturated carbocycles. The third kappa shape index (κ3) is 6.95. The highest BCUT2D eigenvalue weighted by atomic mass is 16.5. The lowest BCUT2D eigenvalue weighted by Gasteiger charge is -2.12. The monoisotopic (exact) mass is 382 g/mol. The molecule has 0 aliphatic heterocycles. The minimum atomic E-state index is -1.12. The quantitative estimate of drug-likeness (QED) is 0.567. The van der Waals surface area contributed by atoms with Gasteiger partial charge in [-0.1, -0.05) is 42.5 Å². The fourth-order valence-corrected chi connectivity index (χ4v) is 2.18. The van der Waals surface area contributed by atoms with Crippen molar-refractivity contribution in [1.29, 1.82) is 0 Å². The van der Waals surface area contributed by atoms with Gasteiger partial charge in [0.2, 0.25) is 0 Å². The summed E-state index contributed by atoms with van der Waals surface area (Å²) in [5.41, 5.74) is 1.67. The molecule has 7 nitrogen and oxygen atoms in total. The van der Waals surface area contributed by atoms with E-state index in [1.54, 1.807) is 37.5 Å². The number of carbonyl (C=O) groups is 3. The van der Waals surface area contributed by atoms with Crippen LogP contribution in [-0.2, 0) is 20.9 Å². The Morgan fingerprint density at radius 1 is 1.04 bits per heavy atom. The minimum absolute atomic E-state index is 0.277. The van der Waals surface area contributed by atoms with Gasteiger partial charge in [0, 0.05) is 12.6 Å². The van der Waals surface area contributed by atoms with E-state index < -0.39 is 24.0 Å². The second-order valence-electron chi connectivity index (χ2n) is 5.84. The number of amides is 3. The van der Waals surface area contributed by atoms with E-state index in [9.17, 15) is 14.4 Å². The molecule has 0 fully saturated rings. The number of carbonyl (C=O) groups excluding carboxylic acids is 3.